The molecule has 2 aromatic rings. The Kier molecular flexibility index (Phi) is 5.03. The molecule has 0 radical (unpaired) electrons. The highest BCUT2D eigenvalue weighted by atomic mass is 16.5. The van der Waals surface area contributed by atoms with Gasteiger partial charge in [-0.15, -0.1) is 0 Å². The van der Waals surface area contributed by atoms with Crippen LogP contribution in [-0.4, -0.2) is 47.7 Å². The van der Waals surface area contributed by atoms with Crippen LogP contribution in [0.25, 0.3) is 0 Å². The van der Waals surface area contributed by atoms with Crippen molar-refractivity contribution in [1.29, 1.82) is 0 Å². The van der Waals surface area contributed by atoms with Crippen molar-refractivity contribution in [1.82, 2.24) is 14.5 Å². The van der Waals surface area contributed by atoms with Crippen molar-refractivity contribution in [3.8, 4) is 11.5 Å². The molecule has 0 N–H and O–H groups in total. The Hall–Kier alpha value is -2.50. The van der Waals surface area contributed by atoms with E-state index in [1.807, 2.05) is 35.6 Å². The molecule has 0 saturated carbocycles. The number of hydrogen-bond acceptors (Lipinski definition) is 4. The van der Waals surface area contributed by atoms with Crippen LogP contribution in [0, 0.1) is 0 Å². The minimum absolute atomic E-state index is 0.128. The van der Waals surface area contributed by atoms with Crippen molar-refractivity contribution in [2.75, 3.05) is 27.3 Å². The molecular weight excluding hydrogens is 306 g/mol. The van der Waals surface area contributed by atoms with Gasteiger partial charge in [-0.3, -0.25) is 4.79 Å². The molecule has 6 heteroatoms. The first-order valence-corrected chi connectivity index (χ1v) is 8.17. The lowest BCUT2D eigenvalue weighted by molar-refractivity contribution is -0.132. The second kappa shape index (κ2) is 7.38. The minimum Gasteiger partial charge on any atom is -0.497 e. The first-order chi connectivity index (χ1) is 11.7. The van der Waals surface area contributed by atoms with E-state index in [0.29, 0.717) is 18.2 Å². The van der Waals surface area contributed by atoms with Crippen LogP contribution in [0.2, 0.25) is 0 Å². The number of methoxy groups -OCH3 is 2. The van der Waals surface area contributed by atoms with Crippen molar-refractivity contribution >= 4 is 5.91 Å². The maximum Gasteiger partial charge on any atom is 0.227 e. The molecule has 24 heavy (non-hydrogen) atoms. The Labute approximate surface area is 142 Å². The lowest BCUT2D eigenvalue weighted by Gasteiger charge is -2.33. The van der Waals surface area contributed by atoms with Crippen molar-refractivity contribution < 1.29 is 14.3 Å². The van der Waals surface area contributed by atoms with Crippen molar-refractivity contribution in [2.45, 2.75) is 25.3 Å². The maximum atomic E-state index is 12.7. The fourth-order valence-electron chi connectivity index (χ4n) is 3.18. The minimum atomic E-state index is 0.128. The zero-order valence-electron chi connectivity index (χ0n) is 14.1. The van der Waals surface area contributed by atoms with Gasteiger partial charge in [-0.25, -0.2) is 4.98 Å². The third kappa shape index (κ3) is 3.53. The average Bonchev–Trinajstić information content (AvgIpc) is 3.17. The fourth-order valence-corrected chi connectivity index (χ4v) is 3.18. The molecule has 1 aliphatic heterocycles. The number of benzene rings is 1. The fraction of sp³-hybridized carbons (Fsp3) is 0.444. The molecule has 6 nitrogen and oxygen atoms in total. The molecule has 0 aliphatic carbocycles. The summed E-state index contributed by atoms with van der Waals surface area (Å²) in [6.45, 7) is 1.54. The second-order valence-corrected chi connectivity index (χ2v) is 6.00. The summed E-state index contributed by atoms with van der Waals surface area (Å²) in [5, 5.41) is 0. The van der Waals surface area contributed by atoms with E-state index in [2.05, 4.69) is 9.55 Å². The normalized spacial score (nSPS) is 17.6. The third-order valence-electron chi connectivity index (χ3n) is 4.53. The monoisotopic (exact) mass is 329 g/mol. The smallest absolute Gasteiger partial charge is 0.227 e. The average molecular weight is 329 g/mol. The van der Waals surface area contributed by atoms with Gasteiger partial charge in [0.05, 0.1) is 33.0 Å². The standard InChI is InChI=1S/C18H23N3O3/c1-23-16-6-5-14(17(11-16)24-2)10-18(22)20-8-3-4-15(12-20)21-9-7-19-13-21/h5-7,9,11,13,15H,3-4,8,10,12H2,1-2H3/t15-/m1/s1. The second-order valence-electron chi connectivity index (χ2n) is 6.00. The summed E-state index contributed by atoms with van der Waals surface area (Å²) in [4.78, 5) is 18.8. The van der Waals surface area contributed by atoms with E-state index in [9.17, 15) is 4.79 Å². The number of imidazole rings is 1. The molecule has 1 aromatic carbocycles. The predicted molar refractivity (Wildman–Crippen MR) is 90.3 cm³/mol. The zero-order valence-corrected chi connectivity index (χ0v) is 14.1. The lowest BCUT2D eigenvalue weighted by atomic mass is 10.0. The van der Waals surface area contributed by atoms with E-state index in [1.165, 1.54) is 0 Å². The summed E-state index contributed by atoms with van der Waals surface area (Å²) in [6.07, 6.45) is 7.99. The zero-order chi connectivity index (χ0) is 16.9. The third-order valence-corrected chi connectivity index (χ3v) is 4.53. The van der Waals surface area contributed by atoms with Gasteiger partial charge in [-0.1, -0.05) is 6.07 Å². The van der Waals surface area contributed by atoms with Crippen LogP contribution in [0.3, 0.4) is 0 Å². The molecule has 1 aromatic heterocycles. The molecule has 128 valence electrons. The van der Waals surface area contributed by atoms with E-state index in [0.717, 1.165) is 37.2 Å². The molecule has 1 aliphatic rings. The van der Waals surface area contributed by atoms with Crippen molar-refractivity contribution in [3.05, 3.63) is 42.5 Å². The Morgan fingerprint density at radius 2 is 2.21 bits per heavy atom. The number of carbonyl (C=O) groups excluding carboxylic acids is 1. The van der Waals surface area contributed by atoms with Crippen LogP contribution in [0.1, 0.15) is 24.4 Å². The summed E-state index contributed by atoms with van der Waals surface area (Å²) in [5.74, 6) is 1.54. The van der Waals surface area contributed by atoms with Crippen LogP contribution in [0.5, 0.6) is 11.5 Å². The summed E-state index contributed by atoms with van der Waals surface area (Å²) in [5.41, 5.74) is 0.882. The van der Waals surface area contributed by atoms with E-state index >= 15 is 0 Å². The molecule has 0 unspecified atom stereocenters. The highest BCUT2D eigenvalue weighted by molar-refractivity contribution is 5.79. The molecule has 1 saturated heterocycles. The molecule has 1 atom stereocenters. The van der Waals surface area contributed by atoms with Crippen LogP contribution in [-0.2, 0) is 11.2 Å². The van der Waals surface area contributed by atoms with Crippen molar-refractivity contribution in [3.63, 3.8) is 0 Å². The van der Waals surface area contributed by atoms with Gasteiger partial charge < -0.3 is 18.9 Å². The van der Waals surface area contributed by atoms with Crippen LogP contribution in [0.15, 0.2) is 36.9 Å². The quantitative estimate of drug-likeness (QED) is 0.845. The lowest BCUT2D eigenvalue weighted by Crippen LogP contribution is -2.41. The summed E-state index contributed by atoms with van der Waals surface area (Å²) < 4.78 is 12.7. The van der Waals surface area contributed by atoms with E-state index in [-0.39, 0.29) is 5.91 Å². The highest BCUT2D eigenvalue weighted by Gasteiger charge is 2.25. The largest absolute Gasteiger partial charge is 0.497 e. The number of likely N-dealkylation sites (tertiary alicyclic amines) is 1. The summed E-state index contributed by atoms with van der Waals surface area (Å²) >= 11 is 0. The molecule has 0 bridgehead atoms. The molecular formula is C18H23N3O3. The van der Waals surface area contributed by atoms with Gasteiger partial charge in [0, 0.05) is 37.1 Å². The van der Waals surface area contributed by atoms with Crippen LogP contribution in [0.4, 0.5) is 0 Å². The molecule has 1 fully saturated rings. The van der Waals surface area contributed by atoms with E-state index in [4.69, 9.17) is 9.47 Å². The van der Waals surface area contributed by atoms with E-state index in [1.54, 1.807) is 20.4 Å². The van der Waals surface area contributed by atoms with E-state index < -0.39 is 0 Å². The van der Waals surface area contributed by atoms with Gasteiger partial charge in [0.2, 0.25) is 5.91 Å². The Bertz CT molecular complexity index is 685. The van der Waals surface area contributed by atoms with Crippen molar-refractivity contribution in [2.24, 2.45) is 0 Å². The van der Waals surface area contributed by atoms with Gasteiger partial charge in [-0.05, 0) is 18.9 Å². The van der Waals surface area contributed by atoms with Gasteiger partial charge in [0.1, 0.15) is 11.5 Å². The van der Waals surface area contributed by atoms with Crippen LogP contribution >= 0.6 is 0 Å². The van der Waals surface area contributed by atoms with Gasteiger partial charge >= 0.3 is 0 Å². The number of aromatic nitrogens is 2. The van der Waals surface area contributed by atoms with Gasteiger partial charge in [0.15, 0.2) is 0 Å². The first-order valence-electron chi connectivity index (χ1n) is 8.17. The number of carbonyl (C=O) groups is 1. The van der Waals surface area contributed by atoms with Gasteiger partial charge in [0.25, 0.3) is 0 Å². The number of amides is 1. The number of ether oxygens (including phenoxy) is 2. The molecule has 2 heterocycles. The van der Waals surface area contributed by atoms with Crippen LogP contribution < -0.4 is 9.47 Å². The maximum absolute atomic E-state index is 12.7. The highest BCUT2D eigenvalue weighted by Crippen LogP contribution is 2.27. The number of piperidine rings is 1. The summed E-state index contributed by atoms with van der Waals surface area (Å²) in [7, 11) is 3.22. The molecule has 1 amide bonds. The molecule has 3 rings (SSSR count). The Morgan fingerprint density at radius 3 is 2.92 bits per heavy atom. The number of nitrogens with zero attached hydrogens (tertiary/aromatic N) is 3. The first kappa shape index (κ1) is 16.4. The SMILES string of the molecule is COc1ccc(CC(=O)N2CCC[C@@H](n3ccnc3)C2)c(OC)c1. The number of hydrogen-bond donors (Lipinski definition) is 0. The predicted octanol–water partition coefficient (Wildman–Crippen LogP) is 2.31. The van der Waals surface area contributed by atoms with Gasteiger partial charge in [-0.2, -0.15) is 0 Å². The topological polar surface area (TPSA) is 56.6 Å². The summed E-state index contributed by atoms with van der Waals surface area (Å²) in [6, 6.07) is 5.87. The Balaban J connectivity index is 1.68. The molecule has 0 spiro atoms. The number of rotatable bonds is 5. The Morgan fingerprint density at radius 1 is 1.33 bits per heavy atom.